The Kier molecular flexibility index (Phi) is 4.54. The molecule has 2 aliphatic heterocycles. The van der Waals surface area contributed by atoms with Crippen LogP contribution in [0.3, 0.4) is 0 Å². The lowest BCUT2D eigenvalue weighted by Gasteiger charge is -2.33. The van der Waals surface area contributed by atoms with Crippen molar-refractivity contribution in [2.24, 2.45) is 0 Å². The number of rotatable bonds is 1. The second-order valence-electron chi connectivity index (χ2n) is 13.4. The third-order valence-corrected chi connectivity index (χ3v) is 9.92. The molecule has 0 radical (unpaired) electrons. The summed E-state index contributed by atoms with van der Waals surface area (Å²) in [4.78, 5) is 0. The molecule has 208 valence electrons. The summed E-state index contributed by atoms with van der Waals surface area (Å²) >= 11 is 0. The fourth-order valence-corrected chi connectivity index (χ4v) is 7.91. The van der Waals surface area contributed by atoms with Gasteiger partial charge in [-0.2, -0.15) is 0 Å². The maximum Gasteiger partial charge on any atom is 0.256 e. The molecule has 0 bridgehead atoms. The van der Waals surface area contributed by atoms with Crippen molar-refractivity contribution in [3.63, 3.8) is 0 Å². The van der Waals surface area contributed by atoms with Gasteiger partial charge in [-0.15, -0.1) is 0 Å². The van der Waals surface area contributed by atoms with Gasteiger partial charge in [-0.25, -0.2) is 0 Å². The van der Waals surface area contributed by atoms with Crippen LogP contribution in [0.5, 0.6) is 11.5 Å². The molecule has 3 nitrogen and oxygen atoms in total. The predicted octanol–water partition coefficient (Wildman–Crippen LogP) is 8.11. The minimum absolute atomic E-state index is 0.0475. The second kappa shape index (κ2) is 8.24. The highest BCUT2D eigenvalue weighted by Crippen LogP contribution is 2.42. The average Bonchev–Trinajstić information content (AvgIpc) is 3.55. The molecule has 0 saturated carbocycles. The highest BCUT2D eigenvalue weighted by Gasteiger charge is 2.41. The van der Waals surface area contributed by atoms with Gasteiger partial charge in [0, 0.05) is 32.9 Å². The van der Waals surface area contributed by atoms with Gasteiger partial charge in [-0.05, 0) is 82.0 Å². The molecule has 0 N–H and O–H groups in total. The van der Waals surface area contributed by atoms with Crippen LogP contribution in [0.2, 0.25) is 0 Å². The number of aromatic nitrogens is 2. The Bertz CT molecular complexity index is 2510. The van der Waals surface area contributed by atoms with Crippen LogP contribution in [-0.2, 0) is 5.41 Å². The number of benzene rings is 6. The van der Waals surface area contributed by atoms with Crippen molar-refractivity contribution < 1.29 is 4.74 Å². The second-order valence-corrected chi connectivity index (χ2v) is 13.4. The van der Waals surface area contributed by atoms with Gasteiger partial charge in [-0.1, -0.05) is 87.5 Å². The molecule has 10 rings (SSSR count). The van der Waals surface area contributed by atoms with Crippen molar-refractivity contribution in [2.45, 2.75) is 26.2 Å². The van der Waals surface area contributed by atoms with Crippen LogP contribution in [-0.4, -0.2) is 15.8 Å². The summed E-state index contributed by atoms with van der Waals surface area (Å²) in [5, 5.41) is 5.09. The Morgan fingerprint density at radius 3 is 2.14 bits per heavy atom. The number of fused-ring (bicyclic) bond motifs is 11. The first kappa shape index (κ1) is 24.3. The van der Waals surface area contributed by atoms with E-state index in [1.807, 2.05) is 0 Å². The van der Waals surface area contributed by atoms with Crippen LogP contribution in [0.4, 0.5) is 0 Å². The van der Waals surface area contributed by atoms with E-state index in [1.54, 1.807) is 0 Å². The fraction of sp³-hybridized carbons (Fsp3) is 0.100. The molecule has 2 aliphatic rings. The van der Waals surface area contributed by atoms with E-state index in [0.29, 0.717) is 0 Å². The first-order chi connectivity index (χ1) is 21.5. The molecule has 0 atom stereocenters. The first-order valence-corrected chi connectivity index (χ1v) is 15.5. The van der Waals surface area contributed by atoms with Gasteiger partial charge in [-0.3, -0.25) is 0 Å². The molecule has 4 heterocycles. The van der Waals surface area contributed by atoms with Crippen LogP contribution >= 0.6 is 0 Å². The Labute approximate surface area is 256 Å². The van der Waals surface area contributed by atoms with E-state index >= 15 is 0 Å². The molecule has 0 unspecified atom stereocenters. The van der Waals surface area contributed by atoms with E-state index in [9.17, 15) is 0 Å². The van der Waals surface area contributed by atoms with E-state index in [4.69, 9.17) is 4.74 Å². The van der Waals surface area contributed by atoms with Crippen LogP contribution in [0, 0.1) is 0 Å². The van der Waals surface area contributed by atoms with Crippen molar-refractivity contribution in [2.75, 3.05) is 0 Å². The summed E-state index contributed by atoms with van der Waals surface area (Å²) < 4.78 is 11.6. The summed E-state index contributed by atoms with van der Waals surface area (Å²) in [6.07, 6.45) is 0. The zero-order valence-corrected chi connectivity index (χ0v) is 24.9. The third kappa shape index (κ3) is 3.03. The van der Waals surface area contributed by atoms with Gasteiger partial charge >= 0.3 is 0 Å². The Morgan fingerprint density at radius 2 is 1.27 bits per heavy atom. The largest absolute Gasteiger partial charge is 0.458 e. The molecule has 44 heavy (non-hydrogen) atoms. The molecule has 0 spiro atoms. The van der Waals surface area contributed by atoms with Gasteiger partial charge in [0.1, 0.15) is 11.5 Å². The summed E-state index contributed by atoms with van der Waals surface area (Å²) in [5.74, 6) is 1.92. The average molecular weight is 564 g/mol. The maximum absolute atomic E-state index is 6.70. The molecular formula is C40H29BN2O. The Morgan fingerprint density at radius 1 is 0.545 bits per heavy atom. The summed E-state index contributed by atoms with van der Waals surface area (Å²) in [6, 6.07) is 44.6. The molecule has 0 fully saturated rings. The summed E-state index contributed by atoms with van der Waals surface area (Å²) in [5.41, 5.74) is 12.6. The lowest BCUT2D eigenvalue weighted by Crippen LogP contribution is -2.58. The van der Waals surface area contributed by atoms with Gasteiger partial charge in [0.05, 0.1) is 22.1 Å². The predicted molar refractivity (Wildman–Crippen MR) is 185 cm³/mol. The van der Waals surface area contributed by atoms with Gasteiger partial charge in [0.2, 0.25) is 0 Å². The van der Waals surface area contributed by atoms with Crippen LogP contribution < -0.4 is 21.1 Å². The molecular weight excluding hydrogens is 535 g/mol. The molecule has 8 aromatic rings. The molecule has 4 heteroatoms. The lowest BCUT2D eigenvalue weighted by atomic mass is 9.34. The summed E-state index contributed by atoms with van der Waals surface area (Å²) in [7, 11) is 0. The SMILES string of the molecule is CC(C)(C)c1ccc2c(c1)B1c3ccccc3-n3c4cc5c(cc4c4ccc(c1c43)O2)c1ccccc1n5-c1ccccc1. The minimum atomic E-state index is 0.0475. The van der Waals surface area contributed by atoms with E-state index in [0.717, 1.165) is 11.5 Å². The quantitative estimate of drug-likeness (QED) is 0.184. The monoisotopic (exact) mass is 564 g/mol. The molecule has 6 aromatic carbocycles. The first-order valence-electron chi connectivity index (χ1n) is 15.5. The Hall–Kier alpha value is -5.22. The van der Waals surface area contributed by atoms with E-state index in [-0.39, 0.29) is 12.1 Å². The number of para-hydroxylation sites is 3. The zero-order chi connectivity index (χ0) is 29.3. The fourth-order valence-electron chi connectivity index (χ4n) is 7.91. The van der Waals surface area contributed by atoms with Crippen molar-refractivity contribution in [1.82, 2.24) is 9.13 Å². The molecule has 0 amide bonds. The number of hydrogen-bond donors (Lipinski definition) is 0. The lowest BCUT2D eigenvalue weighted by molar-refractivity contribution is 0.486. The minimum Gasteiger partial charge on any atom is -0.458 e. The third-order valence-electron chi connectivity index (χ3n) is 9.92. The number of nitrogens with zero attached hydrogens (tertiary/aromatic N) is 2. The zero-order valence-electron chi connectivity index (χ0n) is 24.9. The van der Waals surface area contributed by atoms with Gasteiger partial charge in [0.15, 0.2) is 0 Å². The van der Waals surface area contributed by atoms with Crippen molar-refractivity contribution >= 4 is 66.7 Å². The van der Waals surface area contributed by atoms with Gasteiger partial charge < -0.3 is 13.9 Å². The van der Waals surface area contributed by atoms with E-state index < -0.39 is 0 Å². The molecule has 0 saturated heterocycles. The highest BCUT2D eigenvalue weighted by atomic mass is 16.5. The van der Waals surface area contributed by atoms with E-state index in [2.05, 4.69) is 151 Å². The standard InChI is InChI=1S/C40H29BN2O/c1-40(2,3)24-17-19-36-31(21-24)41-30-14-8-10-16-33(30)43-35-23-34-28(22-29(35)27-18-20-37(44-36)38(41)39(27)43)26-13-7-9-15-32(26)42(34)25-11-5-4-6-12-25/h4-23H,1-3H3. The smallest absolute Gasteiger partial charge is 0.256 e. The van der Waals surface area contributed by atoms with Crippen LogP contribution in [0.1, 0.15) is 26.3 Å². The van der Waals surface area contributed by atoms with Crippen LogP contribution in [0.25, 0.3) is 55.0 Å². The molecule has 0 aliphatic carbocycles. The topological polar surface area (TPSA) is 19.1 Å². The highest BCUT2D eigenvalue weighted by molar-refractivity contribution is 6.99. The maximum atomic E-state index is 6.70. The number of hydrogen-bond acceptors (Lipinski definition) is 1. The van der Waals surface area contributed by atoms with Crippen molar-refractivity contribution in [1.29, 1.82) is 0 Å². The number of ether oxygens (including phenoxy) is 1. The van der Waals surface area contributed by atoms with Crippen LogP contribution in [0.15, 0.2) is 121 Å². The van der Waals surface area contributed by atoms with E-state index in [1.165, 1.54) is 76.9 Å². The van der Waals surface area contributed by atoms with Crippen molar-refractivity contribution in [3.05, 3.63) is 127 Å². The summed E-state index contributed by atoms with van der Waals surface area (Å²) in [6.45, 7) is 6.97. The molecule has 2 aromatic heterocycles. The van der Waals surface area contributed by atoms with Gasteiger partial charge in [0.25, 0.3) is 6.71 Å². The normalized spacial score (nSPS) is 13.5. The van der Waals surface area contributed by atoms with Crippen molar-refractivity contribution in [3.8, 4) is 22.9 Å². The Balaban J connectivity index is 1.36.